The quantitative estimate of drug-likeness (QED) is 0.746. The summed E-state index contributed by atoms with van der Waals surface area (Å²) in [7, 11) is -3.38. The Balaban J connectivity index is 2.22. The van der Waals surface area contributed by atoms with Crippen LogP contribution in [0.4, 0.5) is 10.8 Å². The molecule has 0 aliphatic carbocycles. The van der Waals surface area contributed by atoms with Crippen LogP contribution in [-0.4, -0.2) is 29.0 Å². The summed E-state index contributed by atoms with van der Waals surface area (Å²) < 4.78 is 26.9. The van der Waals surface area contributed by atoms with Crippen molar-refractivity contribution in [3.8, 4) is 0 Å². The molecular formula is C8H11N5O2S2. The Morgan fingerprint density at radius 3 is 2.94 bits per heavy atom. The van der Waals surface area contributed by atoms with Crippen molar-refractivity contribution in [1.82, 2.24) is 14.3 Å². The maximum Gasteiger partial charge on any atom is 0.182 e. The van der Waals surface area contributed by atoms with Crippen molar-refractivity contribution in [3.63, 3.8) is 0 Å². The highest BCUT2D eigenvalue weighted by molar-refractivity contribution is 7.91. The van der Waals surface area contributed by atoms with E-state index in [1.165, 1.54) is 0 Å². The fraction of sp³-hybridized carbons (Fsp3) is 0.250. The zero-order chi connectivity index (χ0) is 12.5. The first-order chi connectivity index (χ1) is 7.98. The molecule has 0 aliphatic heterocycles. The number of aromatic nitrogens is 3. The molecule has 7 nitrogen and oxygen atoms in total. The van der Waals surface area contributed by atoms with E-state index in [4.69, 9.17) is 5.73 Å². The SMILES string of the molecule is CS(=O)(=O)c1c(N)nsc1NCc1ncc[nH]1. The monoisotopic (exact) mass is 273 g/mol. The van der Waals surface area contributed by atoms with Crippen LogP contribution >= 0.6 is 11.5 Å². The molecule has 0 aromatic carbocycles. The number of nitrogens with two attached hydrogens (primary N) is 1. The number of anilines is 2. The van der Waals surface area contributed by atoms with Gasteiger partial charge in [-0.15, -0.1) is 0 Å². The van der Waals surface area contributed by atoms with Crippen LogP contribution in [0.25, 0.3) is 0 Å². The molecule has 0 spiro atoms. The van der Waals surface area contributed by atoms with Gasteiger partial charge in [0.2, 0.25) is 0 Å². The number of imidazole rings is 1. The number of nitrogens with one attached hydrogen (secondary N) is 2. The predicted octanol–water partition coefficient (Wildman–Crippen LogP) is 0.464. The summed E-state index contributed by atoms with van der Waals surface area (Å²) >= 11 is 1.02. The van der Waals surface area contributed by atoms with Gasteiger partial charge in [0.05, 0.1) is 6.54 Å². The molecule has 0 amide bonds. The van der Waals surface area contributed by atoms with Gasteiger partial charge in [0.25, 0.3) is 0 Å². The summed E-state index contributed by atoms with van der Waals surface area (Å²) in [5, 5.41) is 3.38. The molecule has 0 atom stereocenters. The molecule has 0 bridgehead atoms. The number of nitrogens with zero attached hydrogens (tertiary/aromatic N) is 2. The third-order valence-corrected chi connectivity index (χ3v) is 4.12. The van der Waals surface area contributed by atoms with Crippen LogP contribution in [0.1, 0.15) is 5.82 Å². The molecule has 2 rings (SSSR count). The van der Waals surface area contributed by atoms with Gasteiger partial charge in [-0.1, -0.05) is 0 Å². The van der Waals surface area contributed by atoms with Gasteiger partial charge in [-0.2, -0.15) is 4.37 Å². The molecule has 2 aromatic rings. The topological polar surface area (TPSA) is 114 Å². The summed E-state index contributed by atoms with van der Waals surface area (Å²) in [6.07, 6.45) is 4.41. The molecule has 92 valence electrons. The maximum absolute atomic E-state index is 11.5. The predicted molar refractivity (Wildman–Crippen MR) is 65.6 cm³/mol. The van der Waals surface area contributed by atoms with Crippen molar-refractivity contribution >= 4 is 32.2 Å². The van der Waals surface area contributed by atoms with Gasteiger partial charge in [0.1, 0.15) is 15.7 Å². The van der Waals surface area contributed by atoms with Gasteiger partial charge in [-0.3, -0.25) is 0 Å². The lowest BCUT2D eigenvalue weighted by Gasteiger charge is -2.03. The Morgan fingerprint density at radius 2 is 2.35 bits per heavy atom. The fourth-order valence-electron chi connectivity index (χ4n) is 1.32. The maximum atomic E-state index is 11.5. The van der Waals surface area contributed by atoms with Crippen LogP contribution < -0.4 is 11.1 Å². The molecule has 2 aromatic heterocycles. The van der Waals surface area contributed by atoms with E-state index in [2.05, 4.69) is 19.7 Å². The van der Waals surface area contributed by atoms with Crippen LogP contribution in [0, 0.1) is 0 Å². The van der Waals surface area contributed by atoms with Gasteiger partial charge >= 0.3 is 0 Å². The van der Waals surface area contributed by atoms with E-state index in [9.17, 15) is 8.42 Å². The van der Waals surface area contributed by atoms with Gasteiger partial charge in [-0.25, -0.2) is 13.4 Å². The van der Waals surface area contributed by atoms with E-state index >= 15 is 0 Å². The zero-order valence-corrected chi connectivity index (χ0v) is 10.6. The number of sulfone groups is 1. The number of H-pyrrole nitrogens is 1. The molecule has 0 unspecified atom stereocenters. The molecule has 0 fully saturated rings. The third-order valence-electron chi connectivity index (χ3n) is 2.02. The minimum atomic E-state index is -3.38. The molecule has 0 aliphatic rings. The van der Waals surface area contributed by atoms with Crippen molar-refractivity contribution in [1.29, 1.82) is 0 Å². The second-order valence-corrected chi connectivity index (χ2v) is 6.11. The van der Waals surface area contributed by atoms with E-state index < -0.39 is 9.84 Å². The summed E-state index contributed by atoms with van der Waals surface area (Å²) in [5.74, 6) is 0.732. The Morgan fingerprint density at radius 1 is 1.59 bits per heavy atom. The highest BCUT2D eigenvalue weighted by Crippen LogP contribution is 2.31. The Hall–Kier alpha value is -1.61. The van der Waals surface area contributed by atoms with Crippen LogP contribution in [0.2, 0.25) is 0 Å². The lowest BCUT2D eigenvalue weighted by atomic mass is 10.5. The summed E-state index contributed by atoms with van der Waals surface area (Å²) in [5.41, 5.74) is 5.53. The minimum absolute atomic E-state index is 0.0273. The first kappa shape index (κ1) is 11.9. The zero-order valence-electron chi connectivity index (χ0n) is 8.97. The molecule has 17 heavy (non-hydrogen) atoms. The van der Waals surface area contributed by atoms with Crippen molar-refractivity contribution < 1.29 is 8.42 Å². The number of hydrogen-bond donors (Lipinski definition) is 3. The van der Waals surface area contributed by atoms with Gasteiger partial charge in [0.15, 0.2) is 15.7 Å². The van der Waals surface area contributed by atoms with Crippen molar-refractivity contribution in [2.75, 3.05) is 17.3 Å². The lowest BCUT2D eigenvalue weighted by Crippen LogP contribution is -2.06. The first-order valence-corrected chi connectivity index (χ1v) is 7.32. The molecule has 0 radical (unpaired) electrons. The van der Waals surface area contributed by atoms with Crippen LogP contribution in [0.3, 0.4) is 0 Å². The van der Waals surface area contributed by atoms with E-state index in [1.54, 1.807) is 12.4 Å². The smallest absolute Gasteiger partial charge is 0.182 e. The Kier molecular flexibility index (Phi) is 3.03. The normalized spacial score (nSPS) is 11.6. The molecule has 2 heterocycles. The van der Waals surface area contributed by atoms with E-state index in [0.717, 1.165) is 17.8 Å². The number of rotatable bonds is 4. The van der Waals surface area contributed by atoms with Crippen molar-refractivity contribution in [2.45, 2.75) is 11.4 Å². The standard InChI is InChI=1S/C8H11N5O2S2/c1-17(14,15)6-7(9)13-16-8(6)12-4-5-10-2-3-11-5/h2-3,12H,4H2,1H3,(H2,9,13)(H,10,11). The Bertz CT molecular complexity index is 602. The number of aromatic amines is 1. The van der Waals surface area contributed by atoms with Crippen LogP contribution in [0.15, 0.2) is 17.3 Å². The van der Waals surface area contributed by atoms with E-state index in [0.29, 0.717) is 17.4 Å². The van der Waals surface area contributed by atoms with Crippen molar-refractivity contribution in [2.24, 2.45) is 0 Å². The van der Waals surface area contributed by atoms with Crippen molar-refractivity contribution in [3.05, 3.63) is 18.2 Å². The summed E-state index contributed by atoms with van der Waals surface area (Å²) in [6.45, 7) is 0.386. The van der Waals surface area contributed by atoms with Gasteiger partial charge in [-0.05, 0) is 11.5 Å². The summed E-state index contributed by atoms with van der Waals surface area (Å²) in [6, 6.07) is 0. The first-order valence-electron chi connectivity index (χ1n) is 4.66. The fourth-order valence-corrected chi connectivity index (χ4v) is 3.39. The summed E-state index contributed by atoms with van der Waals surface area (Å²) in [4.78, 5) is 6.97. The number of hydrogen-bond acceptors (Lipinski definition) is 7. The third kappa shape index (κ3) is 2.56. The average Bonchev–Trinajstić information content (AvgIpc) is 2.82. The van der Waals surface area contributed by atoms with E-state index in [-0.39, 0.29) is 10.7 Å². The van der Waals surface area contributed by atoms with E-state index in [1.807, 2.05) is 0 Å². The minimum Gasteiger partial charge on any atom is -0.382 e. The van der Waals surface area contributed by atoms with Crippen LogP contribution in [0.5, 0.6) is 0 Å². The largest absolute Gasteiger partial charge is 0.382 e. The highest BCUT2D eigenvalue weighted by Gasteiger charge is 2.21. The molecule has 4 N–H and O–H groups in total. The second kappa shape index (κ2) is 4.34. The number of nitrogen functional groups attached to an aromatic ring is 1. The highest BCUT2D eigenvalue weighted by atomic mass is 32.2. The molecule has 0 saturated carbocycles. The molecule has 0 saturated heterocycles. The van der Waals surface area contributed by atoms with Crippen LogP contribution in [-0.2, 0) is 16.4 Å². The molecular weight excluding hydrogens is 262 g/mol. The lowest BCUT2D eigenvalue weighted by molar-refractivity contribution is 0.602. The second-order valence-electron chi connectivity index (χ2n) is 3.39. The average molecular weight is 273 g/mol. The molecule has 9 heteroatoms. The van der Waals surface area contributed by atoms with Gasteiger partial charge < -0.3 is 16.0 Å². The Labute approximate surface area is 102 Å². The van der Waals surface area contributed by atoms with Gasteiger partial charge in [0, 0.05) is 18.6 Å².